The highest BCUT2D eigenvalue weighted by molar-refractivity contribution is 5.95. The Balaban J connectivity index is 2.16. The fourth-order valence-electron chi connectivity index (χ4n) is 2.36. The maximum Gasteiger partial charge on any atom is 0.319 e. The van der Waals surface area contributed by atoms with Crippen LogP contribution in [0.5, 0.6) is 11.5 Å². The van der Waals surface area contributed by atoms with Crippen LogP contribution in [0.25, 0.3) is 10.8 Å². The van der Waals surface area contributed by atoms with Gasteiger partial charge in [0.15, 0.2) is 0 Å². The SMILES string of the molecule is O=[N+]([O-])c1cc(N=Nc2c(O)ccc3ccccc23)c(O)c([N+](=O)[O-])c1. The molecule has 0 aliphatic carbocycles. The Morgan fingerprint density at radius 3 is 2.31 bits per heavy atom. The number of benzene rings is 3. The molecule has 0 aliphatic heterocycles. The number of nitro benzene ring substituents is 2. The summed E-state index contributed by atoms with van der Waals surface area (Å²) < 4.78 is 0. The molecule has 10 nitrogen and oxygen atoms in total. The van der Waals surface area contributed by atoms with Crippen LogP contribution in [0.3, 0.4) is 0 Å². The van der Waals surface area contributed by atoms with Crippen LogP contribution in [0.1, 0.15) is 0 Å². The molecule has 0 aromatic heterocycles. The number of azo groups is 1. The number of rotatable bonds is 4. The zero-order chi connectivity index (χ0) is 18.8. The minimum absolute atomic E-state index is 0.0664. The summed E-state index contributed by atoms with van der Waals surface area (Å²) in [5, 5.41) is 50.7. The average molecular weight is 354 g/mol. The van der Waals surface area contributed by atoms with Gasteiger partial charge in [0.1, 0.15) is 17.1 Å². The summed E-state index contributed by atoms with van der Waals surface area (Å²) >= 11 is 0. The van der Waals surface area contributed by atoms with E-state index in [0.29, 0.717) is 11.5 Å². The Hall–Kier alpha value is -4.08. The van der Waals surface area contributed by atoms with E-state index in [1.807, 2.05) is 0 Å². The summed E-state index contributed by atoms with van der Waals surface area (Å²) in [4.78, 5) is 20.1. The lowest BCUT2D eigenvalue weighted by Crippen LogP contribution is -1.93. The third-order valence-corrected chi connectivity index (χ3v) is 3.60. The minimum atomic E-state index is -0.962. The van der Waals surface area contributed by atoms with Gasteiger partial charge < -0.3 is 10.2 Å². The smallest absolute Gasteiger partial charge is 0.319 e. The van der Waals surface area contributed by atoms with Crippen LogP contribution >= 0.6 is 0 Å². The van der Waals surface area contributed by atoms with Gasteiger partial charge in [-0.1, -0.05) is 30.3 Å². The van der Waals surface area contributed by atoms with E-state index in [4.69, 9.17) is 0 Å². The summed E-state index contributed by atoms with van der Waals surface area (Å²) in [5.74, 6) is -1.06. The molecular weight excluding hydrogens is 344 g/mol. The quantitative estimate of drug-likeness (QED) is 0.400. The van der Waals surface area contributed by atoms with Crippen molar-refractivity contribution >= 4 is 33.5 Å². The molecule has 0 bridgehead atoms. The standard InChI is InChI=1S/C16H10N4O6/c21-14-6-5-9-3-1-2-4-11(9)15(14)18-17-12-7-10(19(23)24)8-13(16(12)22)20(25)26/h1-8,21-22H. The predicted molar refractivity (Wildman–Crippen MR) is 91.2 cm³/mol. The van der Waals surface area contributed by atoms with Crippen molar-refractivity contribution in [3.8, 4) is 11.5 Å². The molecular formula is C16H10N4O6. The lowest BCUT2D eigenvalue weighted by atomic mass is 10.1. The maximum absolute atomic E-state index is 11.0. The number of hydrogen-bond donors (Lipinski definition) is 2. The van der Waals surface area contributed by atoms with Crippen molar-refractivity contribution < 1.29 is 20.1 Å². The molecule has 0 unspecified atom stereocenters. The fraction of sp³-hybridized carbons (Fsp3) is 0. The van der Waals surface area contributed by atoms with E-state index in [2.05, 4.69) is 10.2 Å². The van der Waals surface area contributed by atoms with Gasteiger partial charge in [-0.05, 0) is 11.5 Å². The van der Waals surface area contributed by atoms with Crippen molar-refractivity contribution in [3.05, 3.63) is 68.8 Å². The van der Waals surface area contributed by atoms with Gasteiger partial charge in [0.05, 0.1) is 15.9 Å². The number of phenolic OH excluding ortho intramolecular Hbond substituents is 2. The fourth-order valence-corrected chi connectivity index (χ4v) is 2.36. The maximum atomic E-state index is 11.0. The number of fused-ring (bicyclic) bond motifs is 1. The van der Waals surface area contributed by atoms with Crippen LogP contribution < -0.4 is 0 Å². The van der Waals surface area contributed by atoms with Gasteiger partial charge in [-0.25, -0.2) is 0 Å². The van der Waals surface area contributed by atoms with E-state index < -0.39 is 32.7 Å². The first kappa shape index (κ1) is 16.8. The highest BCUT2D eigenvalue weighted by Gasteiger charge is 2.24. The molecule has 10 heteroatoms. The van der Waals surface area contributed by atoms with Crippen LogP contribution in [0.15, 0.2) is 58.8 Å². The molecule has 3 rings (SSSR count). The normalized spacial score (nSPS) is 11.1. The largest absolute Gasteiger partial charge is 0.506 e. The summed E-state index contributed by atoms with van der Waals surface area (Å²) in [5.41, 5.74) is -1.88. The van der Waals surface area contributed by atoms with Crippen LogP contribution in [-0.4, -0.2) is 20.1 Å². The number of aromatic hydroxyl groups is 2. The summed E-state index contributed by atoms with van der Waals surface area (Å²) in [7, 11) is 0. The lowest BCUT2D eigenvalue weighted by molar-refractivity contribution is -0.394. The Kier molecular flexibility index (Phi) is 4.15. The van der Waals surface area contributed by atoms with Crippen LogP contribution in [0, 0.1) is 20.2 Å². The molecule has 3 aromatic carbocycles. The number of phenols is 2. The van der Waals surface area contributed by atoms with E-state index in [-0.39, 0.29) is 11.4 Å². The first-order valence-electron chi connectivity index (χ1n) is 7.16. The van der Waals surface area contributed by atoms with Crippen molar-refractivity contribution in [2.24, 2.45) is 10.2 Å². The molecule has 0 radical (unpaired) electrons. The van der Waals surface area contributed by atoms with Crippen LogP contribution in [0.4, 0.5) is 22.7 Å². The van der Waals surface area contributed by atoms with Gasteiger partial charge >= 0.3 is 5.69 Å². The first-order valence-corrected chi connectivity index (χ1v) is 7.16. The Bertz CT molecular complexity index is 1080. The zero-order valence-electron chi connectivity index (χ0n) is 12.9. The highest BCUT2D eigenvalue weighted by atomic mass is 16.6. The third kappa shape index (κ3) is 2.98. The van der Waals surface area contributed by atoms with Gasteiger partial charge in [0, 0.05) is 11.5 Å². The Morgan fingerprint density at radius 2 is 1.62 bits per heavy atom. The lowest BCUT2D eigenvalue weighted by Gasteiger charge is -2.04. The number of nitro groups is 2. The monoisotopic (exact) mass is 354 g/mol. The van der Waals surface area contributed by atoms with E-state index in [9.17, 15) is 30.4 Å². The second kappa shape index (κ2) is 6.43. The topological polar surface area (TPSA) is 151 Å². The van der Waals surface area contributed by atoms with Crippen molar-refractivity contribution in [2.75, 3.05) is 0 Å². The van der Waals surface area contributed by atoms with E-state index in [1.54, 1.807) is 30.3 Å². The van der Waals surface area contributed by atoms with Gasteiger partial charge in [0.25, 0.3) is 5.69 Å². The first-order chi connectivity index (χ1) is 12.4. The van der Waals surface area contributed by atoms with Gasteiger partial charge in [-0.3, -0.25) is 20.2 Å². The molecule has 0 saturated carbocycles. The van der Waals surface area contributed by atoms with Crippen molar-refractivity contribution in [1.82, 2.24) is 0 Å². The molecule has 0 spiro atoms. The molecule has 0 amide bonds. The molecule has 0 saturated heterocycles. The van der Waals surface area contributed by atoms with Gasteiger partial charge in [0.2, 0.25) is 5.75 Å². The second-order valence-corrected chi connectivity index (χ2v) is 5.20. The average Bonchev–Trinajstić information content (AvgIpc) is 2.61. The predicted octanol–water partition coefficient (Wildman–Crippen LogP) is 4.48. The summed E-state index contributed by atoms with van der Waals surface area (Å²) in [6, 6.07) is 11.5. The van der Waals surface area contributed by atoms with Crippen LogP contribution in [-0.2, 0) is 0 Å². The molecule has 0 atom stereocenters. The van der Waals surface area contributed by atoms with Crippen molar-refractivity contribution in [1.29, 1.82) is 0 Å². The summed E-state index contributed by atoms with van der Waals surface area (Å²) in [6.45, 7) is 0. The Labute approximate surface area is 145 Å². The van der Waals surface area contributed by atoms with Crippen molar-refractivity contribution in [3.63, 3.8) is 0 Å². The third-order valence-electron chi connectivity index (χ3n) is 3.60. The number of nitrogens with zero attached hydrogens (tertiary/aromatic N) is 4. The Morgan fingerprint density at radius 1 is 0.885 bits per heavy atom. The summed E-state index contributed by atoms with van der Waals surface area (Å²) in [6.07, 6.45) is 0. The molecule has 0 heterocycles. The van der Waals surface area contributed by atoms with Gasteiger partial charge in [-0.2, -0.15) is 0 Å². The minimum Gasteiger partial charge on any atom is -0.506 e. The van der Waals surface area contributed by atoms with E-state index >= 15 is 0 Å². The molecule has 130 valence electrons. The molecule has 3 aromatic rings. The zero-order valence-corrected chi connectivity index (χ0v) is 12.9. The van der Waals surface area contributed by atoms with Crippen LogP contribution in [0.2, 0.25) is 0 Å². The molecule has 2 N–H and O–H groups in total. The number of hydrogen-bond acceptors (Lipinski definition) is 8. The number of non-ortho nitro benzene ring substituents is 1. The highest BCUT2D eigenvalue weighted by Crippen LogP contribution is 2.42. The van der Waals surface area contributed by atoms with E-state index in [1.165, 1.54) is 6.07 Å². The molecule has 26 heavy (non-hydrogen) atoms. The molecule has 0 aliphatic rings. The van der Waals surface area contributed by atoms with E-state index in [0.717, 1.165) is 11.5 Å². The van der Waals surface area contributed by atoms with Crippen molar-refractivity contribution in [2.45, 2.75) is 0 Å². The van der Waals surface area contributed by atoms with Gasteiger partial charge in [-0.15, -0.1) is 10.2 Å². The second-order valence-electron chi connectivity index (χ2n) is 5.20. The molecule has 0 fully saturated rings.